The van der Waals surface area contributed by atoms with Crippen LogP contribution in [0.2, 0.25) is 0 Å². The Morgan fingerprint density at radius 1 is 0.920 bits per heavy atom. The molecule has 0 unspecified atom stereocenters. The van der Waals surface area contributed by atoms with Crippen LogP contribution in [0.3, 0.4) is 0 Å². The van der Waals surface area contributed by atoms with E-state index >= 15 is 0 Å². The summed E-state index contributed by atoms with van der Waals surface area (Å²) in [7, 11) is -3.72. The predicted molar refractivity (Wildman–Crippen MR) is 97.9 cm³/mol. The molecule has 0 spiro atoms. The van der Waals surface area contributed by atoms with Crippen LogP contribution in [0.5, 0.6) is 0 Å². The molecule has 2 N–H and O–H groups in total. The molecule has 3 aromatic rings. The summed E-state index contributed by atoms with van der Waals surface area (Å²) in [6.07, 6.45) is 2.40. The third-order valence-corrected chi connectivity index (χ3v) is 5.01. The van der Waals surface area contributed by atoms with E-state index < -0.39 is 16.0 Å². The minimum atomic E-state index is -3.72. The molecule has 0 atom stereocenters. The van der Waals surface area contributed by atoms with Gasteiger partial charge in [0.2, 0.25) is 0 Å². The highest BCUT2D eigenvalue weighted by molar-refractivity contribution is 7.92. The topological polar surface area (TPSA) is 83.5 Å². The van der Waals surface area contributed by atoms with Crippen molar-refractivity contribution < 1.29 is 18.3 Å². The summed E-state index contributed by atoms with van der Waals surface area (Å²) in [5.74, 6) is -1.06. The number of benzene rings is 3. The zero-order valence-electron chi connectivity index (χ0n) is 13.1. The van der Waals surface area contributed by atoms with Gasteiger partial charge in [0.05, 0.1) is 4.90 Å². The fourth-order valence-electron chi connectivity index (χ4n) is 2.39. The van der Waals surface area contributed by atoms with Crippen molar-refractivity contribution in [2.75, 3.05) is 4.72 Å². The number of fused-ring (bicyclic) bond motifs is 1. The van der Waals surface area contributed by atoms with Crippen molar-refractivity contribution in [3.8, 4) is 0 Å². The molecule has 6 heteroatoms. The van der Waals surface area contributed by atoms with Crippen molar-refractivity contribution in [1.29, 1.82) is 0 Å². The number of carboxylic acids is 1. The van der Waals surface area contributed by atoms with E-state index in [4.69, 9.17) is 5.11 Å². The lowest BCUT2D eigenvalue weighted by Crippen LogP contribution is -2.12. The monoisotopic (exact) mass is 353 g/mol. The van der Waals surface area contributed by atoms with E-state index in [1.807, 2.05) is 30.3 Å². The van der Waals surface area contributed by atoms with Crippen molar-refractivity contribution >= 4 is 38.5 Å². The predicted octanol–water partition coefficient (Wildman–Crippen LogP) is 3.74. The zero-order valence-corrected chi connectivity index (χ0v) is 13.9. The Kier molecular flexibility index (Phi) is 4.54. The highest BCUT2D eigenvalue weighted by atomic mass is 32.2. The summed E-state index contributed by atoms with van der Waals surface area (Å²) >= 11 is 0. The molecule has 0 aromatic heterocycles. The van der Waals surface area contributed by atoms with Crippen molar-refractivity contribution in [2.45, 2.75) is 4.90 Å². The van der Waals surface area contributed by atoms with Gasteiger partial charge in [-0.1, -0.05) is 42.5 Å². The summed E-state index contributed by atoms with van der Waals surface area (Å²) in [4.78, 5) is 10.6. The lowest BCUT2D eigenvalue weighted by molar-refractivity contribution is -0.131. The Labute approximate surface area is 145 Å². The number of nitrogens with one attached hydrogen (secondary N) is 1. The molecule has 0 fully saturated rings. The van der Waals surface area contributed by atoms with Crippen LogP contribution in [-0.4, -0.2) is 19.5 Å². The number of rotatable bonds is 5. The highest BCUT2D eigenvalue weighted by Crippen LogP contribution is 2.22. The van der Waals surface area contributed by atoms with Crippen LogP contribution < -0.4 is 4.72 Å². The van der Waals surface area contributed by atoms with E-state index in [9.17, 15) is 13.2 Å². The van der Waals surface area contributed by atoms with E-state index in [-0.39, 0.29) is 4.90 Å². The third-order valence-electron chi connectivity index (χ3n) is 3.61. The Balaban J connectivity index is 1.84. The van der Waals surface area contributed by atoms with E-state index in [2.05, 4.69) is 4.72 Å². The van der Waals surface area contributed by atoms with Gasteiger partial charge in [0.25, 0.3) is 10.0 Å². The molecule has 0 saturated carbocycles. The Hall–Kier alpha value is -3.12. The number of carboxylic acid groups (broad SMARTS) is 1. The molecule has 3 aromatic carbocycles. The smallest absolute Gasteiger partial charge is 0.328 e. The Morgan fingerprint density at radius 3 is 2.28 bits per heavy atom. The second-order valence-electron chi connectivity index (χ2n) is 5.41. The van der Waals surface area contributed by atoms with E-state index in [0.717, 1.165) is 16.8 Å². The number of aliphatic carboxylic acids is 1. The molecule has 0 amide bonds. The Bertz CT molecular complexity index is 1050. The SMILES string of the molecule is O=C(O)/C=C/c1ccc(S(=O)(=O)Nc2ccc3ccccc3c2)cc1. The van der Waals surface area contributed by atoms with Crippen LogP contribution in [-0.2, 0) is 14.8 Å². The first-order valence-corrected chi connectivity index (χ1v) is 8.95. The van der Waals surface area contributed by atoms with Crippen LogP contribution in [0.1, 0.15) is 5.56 Å². The van der Waals surface area contributed by atoms with Gasteiger partial charge in [-0.05, 0) is 46.7 Å². The van der Waals surface area contributed by atoms with Gasteiger partial charge in [-0.25, -0.2) is 13.2 Å². The molecule has 0 aliphatic heterocycles. The minimum absolute atomic E-state index is 0.105. The van der Waals surface area contributed by atoms with Crippen LogP contribution in [0.15, 0.2) is 77.7 Å². The van der Waals surface area contributed by atoms with E-state index in [1.165, 1.54) is 18.2 Å². The molecule has 3 rings (SSSR count). The highest BCUT2D eigenvalue weighted by Gasteiger charge is 2.14. The summed E-state index contributed by atoms with van der Waals surface area (Å²) in [6, 6.07) is 19.0. The molecule has 0 saturated heterocycles. The van der Waals surface area contributed by atoms with Crippen molar-refractivity contribution in [3.05, 3.63) is 78.4 Å². The van der Waals surface area contributed by atoms with Gasteiger partial charge in [-0.2, -0.15) is 0 Å². The number of carbonyl (C=O) groups is 1. The molecule has 5 nitrogen and oxygen atoms in total. The largest absolute Gasteiger partial charge is 0.478 e. The van der Waals surface area contributed by atoms with Gasteiger partial charge in [0.1, 0.15) is 0 Å². The maximum atomic E-state index is 12.5. The number of hydrogen-bond acceptors (Lipinski definition) is 3. The van der Waals surface area contributed by atoms with Gasteiger partial charge >= 0.3 is 5.97 Å². The lowest BCUT2D eigenvalue weighted by Gasteiger charge is -2.09. The molecule has 0 bridgehead atoms. The maximum absolute atomic E-state index is 12.5. The summed E-state index contributed by atoms with van der Waals surface area (Å²) in [5.41, 5.74) is 1.08. The molecular formula is C19H15NO4S. The van der Waals surface area contributed by atoms with E-state index in [1.54, 1.807) is 24.3 Å². The molecule has 0 aliphatic rings. The lowest BCUT2D eigenvalue weighted by atomic mass is 10.1. The van der Waals surface area contributed by atoms with Gasteiger partial charge in [0, 0.05) is 11.8 Å². The number of hydrogen-bond donors (Lipinski definition) is 2. The normalized spacial score (nSPS) is 11.7. The average Bonchev–Trinajstić information content (AvgIpc) is 2.60. The first-order chi connectivity index (χ1) is 11.9. The Morgan fingerprint density at radius 2 is 1.60 bits per heavy atom. The molecule has 25 heavy (non-hydrogen) atoms. The van der Waals surface area contributed by atoms with Crippen LogP contribution in [0, 0.1) is 0 Å². The quantitative estimate of drug-likeness (QED) is 0.685. The summed E-state index contributed by atoms with van der Waals surface area (Å²) in [5, 5.41) is 10.6. The van der Waals surface area contributed by atoms with Crippen LogP contribution in [0.4, 0.5) is 5.69 Å². The van der Waals surface area contributed by atoms with Crippen molar-refractivity contribution in [3.63, 3.8) is 0 Å². The van der Waals surface area contributed by atoms with Crippen LogP contribution in [0.25, 0.3) is 16.8 Å². The second-order valence-corrected chi connectivity index (χ2v) is 7.09. The fourth-order valence-corrected chi connectivity index (χ4v) is 3.44. The molecule has 0 aliphatic carbocycles. The maximum Gasteiger partial charge on any atom is 0.328 e. The van der Waals surface area contributed by atoms with Gasteiger partial charge in [-0.3, -0.25) is 4.72 Å². The zero-order chi connectivity index (χ0) is 17.9. The van der Waals surface area contributed by atoms with Gasteiger partial charge < -0.3 is 5.11 Å². The summed E-state index contributed by atoms with van der Waals surface area (Å²) in [6.45, 7) is 0. The van der Waals surface area contributed by atoms with Crippen molar-refractivity contribution in [1.82, 2.24) is 0 Å². The van der Waals surface area contributed by atoms with Gasteiger partial charge in [0.15, 0.2) is 0 Å². The third kappa shape index (κ3) is 4.05. The fraction of sp³-hybridized carbons (Fsp3) is 0. The summed E-state index contributed by atoms with van der Waals surface area (Å²) < 4.78 is 27.5. The molecule has 0 radical (unpaired) electrons. The first kappa shape index (κ1) is 16.7. The first-order valence-electron chi connectivity index (χ1n) is 7.47. The number of anilines is 1. The minimum Gasteiger partial charge on any atom is -0.478 e. The van der Waals surface area contributed by atoms with Crippen molar-refractivity contribution in [2.24, 2.45) is 0 Å². The molecule has 0 heterocycles. The second kappa shape index (κ2) is 6.78. The van der Waals surface area contributed by atoms with Gasteiger partial charge in [-0.15, -0.1) is 0 Å². The van der Waals surface area contributed by atoms with Crippen LogP contribution >= 0.6 is 0 Å². The molecule has 126 valence electrons. The molecular weight excluding hydrogens is 338 g/mol. The average molecular weight is 353 g/mol. The number of sulfonamides is 1. The standard InChI is InChI=1S/C19H15NO4S/c21-19(22)12-7-14-5-10-18(11-6-14)25(23,24)20-17-9-8-15-3-1-2-4-16(15)13-17/h1-13,20H,(H,21,22)/b12-7+. The van der Waals surface area contributed by atoms with E-state index in [0.29, 0.717) is 11.3 Å².